The van der Waals surface area contributed by atoms with Crippen molar-refractivity contribution in [1.29, 1.82) is 0 Å². The van der Waals surface area contributed by atoms with Gasteiger partial charge in [0, 0.05) is 25.5 Å². The average molecular weight is 260 g/mol. The zero-order valence-corrected chi connectivity index (χ0v) is 10.7. The lowest BCUT2D eigenvalue weighted by atomic mass is 10.2. The van der Waals surface area contributed by atoms with Crippen molar-refractivity contribution in [2.45, 2.75) is 25.0 Å². The highest BCUT2D eigenvalue weighted by atomic mass is 16.5. The van der Waals surface area contributed by atoms with E-state index in [1.807, 2.05) is 18.2 Å². The summed E-state index contributed by atoms with van der Waals surface area (Å²) >= 11 is 0. The van der Waals surface area contributed by atoms with E-state index in [9.17, 15) is 0 Å². The molecule has 1 aliphatic rings. The summed E-state index contributed by atoms with van der Waals surface area (Å²) in [6.07, 6.45) is 3.43. The van der Waals surface area contributed by atoms with E-state index in [4.69, 9.17) is 9.26 Å². The Morgan fingerprint density at radius 3 is 3.16 bits per heavy atom. The van der Waals surface area contributed by atoms with Gasteiger partial charge in [-0.05, 0) is 18.6 Å². The predicted octanol–water partition coefficient (Wildman–Crippen LogP) is 1.10. The molecule has 0 aliphatic carbocycles. The highest BCUT2D eigenvalue weighted by Crippen LogP contribution is 2.23. The third-order valence-corrected chi connectivity index (χ3v) is 3.27. The van der Waals surface area contributed by atoms with Crippen LogP contribution >= 0.6 is 0 Å². The molecule has 100 valence electrons. The number of hydrogen-bond acceptors (Lipinski definition) is 6. The summed E-state index contributed by atoms with van der Waals surface area (Å²) in [5.41, 5.74) is 0.934. The van der Waals surface area contributed by atoms with Crippen molar-refractivity contribution in [2.24, 2.45) is 0 Å². The van der Waals surface area contributed by atoms with Gasteiger partial charge in [0.25, 0.3) is 0 Å². The number of hydrogen-bond donors (Lipinski definition) is 1. The van der Waals surface area contributed by atoms with Crippen molar-refractivity contribution in [2.75, 3.05) is 13.7 Å². The smallest absolute Gasteiger partial charge is 0.243 e. The summed E-state index contributed by atoms with van der Waals surface area (Å²) in [5, 5.41) is 7.31. The predicted molar refractivity (Wildman–Crippen MR) is 67.5 cm³/mol. The molecule has 2 aromatic heterocycles. The lowest BCUT2D eigenvalue weighted by molar-refractivity contribution is 0.116. The molecule has 0 saturated carbocycles. The van der Waals surface area contributed by atoms with E-state index in [1.165, 1.54) is 0 Å². The van der Waals surface area contributed by atoms with E-state index in [-0.39, 0.29) is 12.1 Å². The maximum Gasteiger partial charge on any atom is 0.243 e. The van der Waals surface area contributed by atoms with Gasteiger partial charge in [-0.1, -0.05) is 11.2 Å². The van der Waals surface area contributed by atoms with Crippen molar-refractivity contribution < 1.29 is 9.26 Å². The molecule has 1 saturated heterocycles. The highest BCUT2D eigenvalue weighted by molar-refractivity contribution is 5.09. The van der Waals surface area contributed by atoms with Crippen LogP contribution in [-0.4, -0.2) is 34.9 Å². The maximum absolute atomic E-state index is 5.31. The van der Waals surface area contributed by atoms with Crippen LogP contribution < -0.4 is 5.32 Å². The Morgan fingerprint density at radius 1 is 1.47 bits per heavy atom. The van der Waals surface area contributed by atoms with Gasteiger partial charge in [-0.15, -0.1) is 0 Å². The van der Waals surface area contributed by atoms with E-state index < -0.39 is 0 Å². The van der Waals surface area contributed by atoms with Crippen LogP contribution in [0.3, 0.4) is 0 Å². The van der Waals surface area contributed by atoms with Crippen molar-refractivity contribution in [3.63, 3.8) is 0 Å². The topological polar surface area (TPSA) is 73.1 Å². The van der Waals surface area contributed by atoms with Gasteiger partial charge in [0.1, 0.15) is 0 Å². The molecule has 0 spiro atoms. The van der Waals surface area contributed by atoms with E-state index in [1.54, 1.807) is 13.3 Å². The minimum absolute atomic E-state index is 0.0925. The molecule has 0 radical (unpaired) electrons. The van der Waals surface area contributed by atoms with E-state index in [0.29, 0.717) is 18.1 Å². The number of aromatic nitrogens is 3. The Bertz CT molecular complexity index is 528. The highest BCUT2D eigenvalue weighted by Gasteiger charge is 2.29. The molecule has 6 nitrogen and oxygen atoms in total. The number of methoxy groups -OCH3 is 1. The second kappa shape index (κ2) is 5.46. The monoisotopic (exact) mass is 260 g/mol. The first-order chi connectivity index (χ1) is 9.35. The normalized spacial score (nSPS) is 22.8. The molecule has 0 amide bonds. The van der Waals surface area contributed by atoms with Crippen LogP contribution in [0.4, 0.5) is 0 Å². The van der Waals surface area contributed by atoms with Crippen LogP contribution in [0, 0.1) is 0 Å². The molecule has 1 fully saturated rings. The first-order valence-electron chi connectivity index (χ1n) is 6.33. The lowest BCUT2D eigenvalue weighted by Crippen LogP contribution is -2.16. The largest absolute Gasteiger partial charge is 0.380 e. The zero-order valence-electron chi connectivity index (χ0n) is 10.7. The quantitative estimate of drug-likeness (QED) is 0.887. The molecular formula is C13H16N4O2. The molecule has 0 unspecified atom stereocenters. The molecule has 1 N–H and O–H groups in total. The molecule has 0 bridgehead atoms. The average Bonchev–Trinajstić information content (AvgIpc) is 3.08. The van der Waals surface area contributed by atoms with Crippen LogP contribution in [0.15, 0.2) is 28.9 Å². The Balaban J connectivity index is 1.67. The van der Waals surface area contributed by atoms with Crippen LogP contribution in [-0.2, 0) is 11.2 Å². The summed E-state index contributed by atoms with van der Waals surface area (Å²) in [6.45, 7) is 0.819. The van der Waals surface area contributed by atoms with Crippen LogP contribution in [0.2, 0.25) is 0 Å². The van der Waals surface area contributed by atoms with Gasteiger partial charge in [-0.25, -0.2) is 0 Å². The minimum atomic E-state index is 0.0925. The van der Waals surface area contributed by atoms with Crippen LogP contribution in [0.1, 0.15) is 29.9 Å². The van der Waals surface area contributed by atoms with Crippen molar-refractivity contribution in [1.82, 2.24) is 20.4 Å². The van der Waals surface area contributed by atoms with Gasteiger partial charge in [-0.2, -0.15) is 4.98 Å². The molecule has 6 heteroatoms. The second-order valence-electron chi connectivity index (χ2n) is 4.60. The van der Waals surface area contributed by atoms with Gasteiger partial charge in [-0.3, -0.25) is 4.98 Å². The summed E-state index contributed by atoms with van der Waals surface area (Å²) in [5.74, 6) is 1.29. The van der Waals surface area contributed by atoms with Gasteiger partial charge in [0.05, 0.1) is 18.6 Å². The summed E-state index contributed by atoms with van der Waals surface area (Å²) < 4.78 is 10.6. The standard InChI is InChI=1S/C13H16N4O2/c1-18-10-7-11(15-8-10)13-16-12(17-19-13)6-9-4-2-3-5-14-9/h2-5,10-11,15H,6-8H2,1H3/t10-,11+/m0/s1. The number of nitrogens with one attached hydrogen (secondary N) is 1. The van der Waals surface area contributed by atoms with Crippen molar-refractivity contribution in [3.8, 4) is 0 Å². The van der Waals surface area contributed by atoms with Crippen LogP contribution in [0.5, 0.6) is 0 Å². The zero-order chi connectivity index (χ0) is 13.1. The fourth-order valence-corrected chi connectivity index (χ4v) is 2.22. The fraction of sp³-hybridized carbons (Fsp3) is 0.462. The molecule has 1 aliphatic heterocycles. The maximum atomic E-state index is 5.31. The van der Waals surface area contributed by atoms with E-state index >= 15 is 0 Å². The van der Waals surface area contributed by atoms with Gasteiger partial charge < -0.3 is 14.6 Å². The van der Waals surface area contributed by atoms with Crippen molar-refractivity contribution in [3.05, 3.63) is 41.8 Å². The summed E-state index contributed by atoms with van der Waals surface area (Å²) in [4.78, 5) is 8.67. The fourth-order valence-electron chi connectivity index (χ4n) is 2.22. The molecular weight excluding hydrogens is 244 g/mol. The summed E-state index contributed by atoms with van der Waals surface area (Å²) in [7, 11) is 1.72. The first kappa shape index (κ1) is 12.3. The number of rotatable bonds is 4. The second-order valence-corrected chi connectivity index (χ2v) is 4.60. The van der Waals surface area contributed by atoms with E-state index in [2.05, 4.69) is 20.4 Å². The molecule has 2 aromatic rings. The third-order valence-electron chi connectivity index (χ3n) is 3.27. The molecule has 3 rings (SSSR count). The lowest BCUT2D eigenvalue weighted by Gasteiger charge is -2.04. The SMILES string of the molecule is CO[C@@H]1CN[C@@H](c2nc(Cc3ccccn3)no2)C1. The molecule has 3 heterocycles. The van der Waals surface area contributed by atoms with Gasteiger partial charge in [0.2, 0.25) is 5.89 Å². The Morgan fingerprint density at radius 2 is 2.42 bits per heavy atom. The van der Waals surface area contributed by atoms with Gasteiger partial charge >= 0.3 is 0 Å². The Hall–Kier alpha value is -1.79. The van der Waals surface area contributed by atoms with Crippen LogP contribution in [0.25, 0.3) is 0 Å². The van der Waals surface area contributed by atoms with E-state index in [0.717, 1.165) is 18.7 Å². The number of nitrogens with zero attached hydrogens (tertiary/aromatic N) is 3. The number of pyridine rings is 1. The minimum Gasteiger partial charge on any atom is -0.380 e. The molecule has 0 aromatic carbocycles. The first-order valence-corrected chi connectivity index (χ1v) is 6.33. The Kier molecular flexibility index (Phi) is 3.52. The summed E-state index contributed by atoms with van der Waals surface area (Å²) in [6, 6.07) is 5.88. The molecule has 19 heavy (non-hydrogen) atoms. The van der Waals surface area contributed by atoms with Crippen molar-refractivity contribution >= 4 is 0 Å². The molecule has 2 atom stereocenters. The number of ether oxygens (including phenoxy) is 1. The third kappa shape index (κ3) is 2.80. The Labute approximate surface area is 111 Å². The van der Waals surface area contributed by atoms with Gasteiger partial charge in [0.15, 0.2) is 5.82 Å².